The van der Waals surface area contributed by atoms with Gasteiger partial charge in [-0.1, -0.05) is 0 Å². The Morgan fingerprint density at radius 2 is 1.82 bits per heavy atom. The third-order valence-corrected chi connectivity index (χ3v) is 4.33. The summed E-state index contributed by atoms with van der Waals surface area (Å²) in [4.78, 5) is 29.4. The van der Waals surface area contributed by atoms with Crippen LogP contribution >= 0.6 is 0 Å². The van der Waals surface area contributed by atoms with Gasteiger partial charge in [-0.2, -0.15) is 13.2 Å². The van der Waals surface area contributed by atoms with E-state index in [9.17, 15) is 22.8 Å². The largest absolute Gasteiger partial charge is 0.472 e. The molecule has 2 heterocycles. The van der Waals surface area contributed by atoms with Crippen molar-refractivity contribution in [3.05, 3.63) is 59.3 Å². The summed E-state index contributed by atoms with van der Waals surface area (Å²) >= 11 is 0. The number of hydrogen-bond acceptors (Lipinski definition) is 5. The first kappa shape index (κ1) is 19.7. The highest BCUT2D eigenvalue weighted by Gasteiger charge is 2.32. The van der Waals surface area contributed by atoms with Gasteiger partial charge in [-0.3, -0.25) is 4.79 Å². The van der Waals surface area contributed by atoms with E-state index in [-0.39, 0.29) is 18.3 Å². The van der Waals surface area contributed by atoms with E-state index in [1.54, 1.807) is 4.90 Å². The van der Waals surface area contributed by atoms with E-state index in [1.807, 2.05) is 0 Å². The van der Waals surface area contributed by atoms with Crippen molar-refractivity contribution < 1.29 is 32.2 Å². The molecule has 6 nitrogen and oxygen atoms in total. The highest BCUT2D eigenvalue weighted by atomic mass is 19.4. The maximum atomic E-state index is 12.8. The summed E-state index contributed by atoms with van der Waals surface area (Å²) in [7, 11) is 1.27. The SMILES string of the molecule is COC(=O)c1ccc(C(=O)N2CCC(Oc3cc(C(F)(F)F)ccn3)C2)cc1. The van der Waals surface area contributed by atoms with Crippen LogP contribution in [0.15, 0.2) is 42.6 Å². The predicted molar refractivity (Wildman–Crippen MR) is 92.0 cm³/mol. The molecular weight excluding hydrogens is 377 g/mol. The summed E-state index contributed by atoms with van der Waals surface area (Å²) in [6, 6.07) is 7.75. The maximum absolute atomic E-state index is 12.8. The summed E-state index contributed by atoms with van der Waals surface area (Å²) in [5.41, 5.74) is -0.114. The zero-order valence-electron chi connectivity index (χ0n) is 14.9. The molecule has 1 fully saturated rings. The minimum absolute atomic E-state index is 0.128. The normalized spacial score (nSPS) is 16.7. The number of halogens is 3. The number of likely N-dealkylation sites (tertiary alicyclic amines) is 1. The van der Waals surface area contributed by atoms with Crippen molar-refractivity contribution in [2.75, 3.05) is 20.2 Å². The van der Waals surface area contributed by atoms with Gasteiger partial charge in [-0.05, 0) is 30.3 Å². The molecule has 3 rings (SSSR count). The molecule has 148 valence electrons. The lowest BCUT2D eigenvalue weighted by Gasteiger charge is -2.17. The second-order valence-corrected chi connectivity index (χ2v) is 6.23. The van der Waals surface area contributed by atoms with Crippen LogP contribution in [0.3, 0.4) is 0 Å². The Morgan fingerprint density at radius 1 is 1.14 bits per heavy atom. The molecule has 1 aromatic heterocycles. The van der Waals surface area contributed by atoms with Crippen molar-refractivity contribution in [1.29, 1.82) is 0 Å². The van der Waals surface area contributed by atoms with Crippen molar-refractivity contribution in [3.8, 4) is 5.88 Å². The van der Waals surface area contributed by atoms with E-state index in [1.165, 1.54) is 31.4 Å². The number of methoxy groups -OCH3 is 1. The van der Waals surface area contributed by atoms with Crippen LogP contribution in [0.2, 0.25) is 0 Å². The average molecular weight is 394 g/mol. The van der Waals surface area contributed by atoms with Gasteiger partial charge < -0.3 is 14.4 Å². The van der Waals surface area contributed by atoms with E-state index >= 15 is 0 Å². The van der Waals surface area contributed by atoms with Crippen LogP contribution in [-0.4, -0.2) is 48.1 Å². The lowest BCUT2D eigenvalue weighted by molar-refractivity contribution is -0.137. The van der Waals surface area contributed by atoms with Gasteiger partial charge in [0.25, 0.3) is 5.91 Å². The number of alkyl halides is 3. The van der Waals surface area contributed by atoms with E-state index in [0.29, 0.717) is 24.1 Å². The molecule has 0 N–H and O–H groups in total. The Hall–Kier alpha value is -3.10. The molecule has 0 radical (unpaired) electrons. The Labute approximate surface area is 158 Å². The molecule has 1 aliphatic heterocycles. The monoisotopic (exact) mass is 394 g/mol. The molecule has 1 aromatic carbocycles. The number of hydrogen-bond donors (Lipinski definition) is 0. The standard InChI is InChI=1S/C19H17F3N2O4/c1-27-18(26)13-4-2-12(3-5-13)17(25)24-9-7-15(11-24)28-16-10-14(6-8-23-16)19(20,21)22/h2-6,8,10,15H,7,9,11H2,1H3. The van der Waals surface area contributed by atoms with Crippen LogP contribution in [0, 0.1) is 0 Å². The third kappa shape index (κ3) is 4.41. The first-order chi connectivity index (χ1) is 13.3. The van der Waals surface area contributed by atoms with Crippen molar-refractivity contribution in [3.63, 3.8) is 0 Å². The molecule has 1 unspecified atom stereocenters. The zero-order valence-corrected chi connectivity index (χ0v) is 14.9. The molecule has 0 saturated carbocycles. The summed E-state index contributed by atoms with van der Waals surface area (Å²) in [5, 5.41) is 0. The highest BCUT2D eigenvalue weighted by Crippen LogP contribution is 2.31. The van der Waals surface area contributed by atoms with Crippen LogP contribution in [0.25, 0.3) is 0 Å². The van der Waals surface area contributed by atoms with Crippen LogP contribution < -0.4 is 4.74 Å². The molecule has 0 aliphatic carbocycles. The predicted octanol–water partition coefficient (Wildman–Crippen LogP) is 3.18. The Balaban J connectivity index is 1.62. The highest BCUT2D eigenvalue weighted by molar-refractivity contribution is 5.96. The van der Waals surface area contributed by atoms with E-state index < -0.39 is 23.8 Å². The van der Waals surface area contributed by atoms with Gasteiger partial charge >= 0.3 is 12.1 Å². The van der Waals surface area contributed by atoms with Crippen molar-refractivity contribution >= 4 is 11.9 Å². The number of esters is 1. The smallest absolute Gasteiger partial charge is 0.416 e. The maximum Gasteiger partial charge on any atom is 0.416 e. The number of pyridine rings is 1. The number of rotatable bonds is 4. The Morgan fingerprint density at radius 3 is 2.46 bits per heavy atom. The molecule has 0 spiro atoms. The van der Waals surface area contributed by atoms with Gasteiger partial charge in [-0.15, -0.1) is 0 Å². The lowest BCUT2D eigenvalue weighted by Crippen LogP contribution is -2.31. The minimum atomic E-state index is -4.48. The Bertz CT molecular complexity index is 868. The second kappa shape index (κ2) is 7.87. The van der Waals surface area contributed by atoms with E-state index in [4.69, 9.17) is 4.74 Å². The number of nitrogens with zero attached hydrogens (tertiary/aromatic N) is 2. The molecule has 1 aliphatic rings. The van der Waals surface area contributed by atoms with Gasteiger partial charge in [0.15, 0.2) is 0 Å². The molecule has 0 bridgehead atoms. The molecule has 1 atom stereocenters. The Kier molecular flexibility index (Phi) is 5.53. The molecule has 9 heteroatoms. The van der Waals surface area contributed by atoms with Gasteiger partial charge in [0, 0.05) is 30.8 Å². The van der Waals surface area contributed by atoms with Gasteiger partial charge in [-0.25, -0.2) is 9.78 Å². The third-order valence-electron chi connectivity index (χ3n) is 4.33. The fourth-order valence-electron chi connectivity index (χ4n) is 2.88. The van der Waals surface area contributed by atoms with Gasteiger partial charge in [0.1, 0.15) is 6.10 Å². The molecule has 1 saturated heterocycles. The minimum Gasteiger partial charge on any atom is -0.472 e. The molecule has 1 amide bonds. The van der Waals surface area contributed by atoms with Crippen LogP contribution in [-0.2, 0) is 10.9 Å². The van der Waals surface area contributed by atoms with Crippen LogP contribution in [0.4, 0.5) is 13.2 Å². The topological polar surface area (TPSA) is 68.7 Å². The van der Waals surface area contributed by atoms with E-state index in [0.717, 1.165) is 18.3 Å². The average Bonchev–Trinajstić information content (AvgIpc) is 3.15. The number of carbonyl (C=O) groups is 2. The van der Waals surface area contributed by atoms with Crippen LogP contribution in [0.1, 0.15) is 32.7 Å². The summed E-state index contributed by atoms with van der Waals surface area (Å²) < 4.78 is 48.5. The first-order valence-corrected chi connectivity index (χ1v) is 8.45. The zero-order chi connectivity index (χ0) is 20.3. The van der Waals surface area contributed by atoms with Crippen molar-refractivity contribution in [2.45, 2.75) is 18.7 Å². The van der Waals surface area contributed by atoms with Gasteiger partial charge in [0.2, 0.25) is 5.88 Å². The quantitative estimate of drug-likeness (QED) is 0.745. The number of ether oxygens (including phenoxy) is 2. The van der Waals surface area contributed by atoms with E-state index in [2.05, 4.69) is 9.72 Å². The number of aromatic nitrogens is 1. The fourth-order valence-corrected chi connectivity index (χ4v) is 2.88. The second-order valence-electron chi connectivity index (χ2n) is 6.23. The van der Waals surface area contributed by atoms with Crippen molar-refractivity contribution in [2.24, 2.45) is 0 Å². The number of benzene rings is 1. The first-order valence-electron chi connectivity index (χ1n) is 8.45. The molecule has 2 aromatic rings. The lowest BCUT2D eigenvalue weighted by atomic mass is 10.1. The summed E-state index contributed by atoms with van der Waals surface area (Å²) in [6.45, 7) is 0.636. The number of amides is 1. The van der Waals surface area contributed by atoms with Crippen LogP contribution in [0.5, 0.6) is 5.88 Å². The fraction of sp³-hybridized carbons (Fsp3) is 0.316. The molecular formula is C19H17F3N2O4. The van der Waals surface area contributed by atoms with Crippen molar-refractivity contribution in [1.82, 2.24) is 9.88 Å². The van der Waals surface area contributed by atoms with Gasteiger partial charge in [0.05, 0.1) is 24.8 Å². The molecule has 28 heavy (non-hydrogen) atoms. The summed E-state index contributed by atoms with van der Waals surface area (Å²) in [5.74, 6) is -0.877. The summed E-state index contributed by atoms with van der Waals surface area (Å²) in [6.07, 6.45) is -3.41. The number of carbonyl (C=O) groups excluding carboxylic acids is 2.